The Morgan fingerprint density at radius 3 is 3.10 bits per heavy atom. The second kappa shape index (κ2) is 5.61. The molecule has 108 valence electrons. The molecule has 0 fully saturated rings. The lowest BCUT2D eigenvalue weighted by Gasteiger charge is -2.01. The predicted molar refractivity (Wildman–Crippen MR) is 72.7 cm³/mol. The van der Waals surface area contributed by atoms with E-state index in [9.17, 15) is 9.59 Å². The summed E-state index contributed by atoms with van der Waals surface area (Å²) in [7, 11) is 0. The highest BCUT2D eigenvalue weighted by molar-refractivity contribution is 5.78. The number of aromatic nitrogens is 4. The first-order valence-electron chi connectivity index (χ1n) is 6.45. The number of pyridine rings is 1. The average Bonchev–Trinajstić information content (AvgIpc) is 3.04. The van der Waals surface area contributed by atoms with Crippen molar-refractivity contribution < 1.29 is 9.32 Å². The molecule has 0 aromatic carbocycles. The van der Waals surface area contributed by atoms with E-state index in [1.807, 2.05) is 35.0 Å². The number of fused-ring (bicyclic) bond motifs is 1. The van der Waals surface area contributed by atoms with E-state index in [0.29, 0.717) is 24.5 Å². The van der Waals surface area contributed by atoms with Crippen molar-refractivity contribution in [1.29, 1.82) is 0 Å². The van der Waals surface area contributed by atoms with E-state index >= 15 is 0 Å². The molecule has 0 aliphatic rings. The fraction of sp³-hybridized carbons (Fsp3) is 0.231. The van der Waals surface area contributed by atoms with Crippen LogP contribution in [0.25, 0.3) is 5.65 Å². The van der Waals surface area contributed by atoms with Gasteiger partial charge in [-0.15, -0.1) is 0 Å². The molecule has 21 heavy (non-hydrogen) atoms. The van der Waals surface area contributed by atoms with Crippen molar-refractivity contribution in [2.75, 3.05) is 6.54 Å². The number of nitrogens with zero attached hydrogens (tertiary/aromatic N) is 3. The maximum absolute atomic E-state index is 11.8. The Balaban J connectivity index is 1.52. The van der Waals surface area contributed by atoms with Gasteiger partial charge in [0.1, 0.15) is 5.65 Å². The van der Waals surface area contributed by atoms with Crippen molar-refractivity contribution in [3.63, 3.8) is 0 Å². The Kier molecular flexibility index (Phi) is 3.50. The Labute approximate surface area is 118 Å². The van der Waals surface area contributed by atoms with Gasteiger partial charge in [0.15, 0.2) is 5.82 Å². The van der Waals surface area contributed by atoms with Gasteiger partial charge in [-0.3, -0.25) is 14.3 Å². The third-order valence-electron chi connectivity index (χ3n) is 2.92. The Morgan fingerprint density at radius 1 is 1.43 bits per heavy atom. The number of hydrogen-bond acceptors (Lipinski definition) is 5. The predicted octanol–water partition coefficient (Wildman–Crippen LogP) is -0.0880. The lowest BCUT2D eigenvalue weighted by atomic mass is 10.3. The number of nitrogens with one attached hydrogen (secondary N) is 2. The highest BCUT2D eigenvalue weighted by atomic mass is 16.5. The molecule has 0 bridgehead atoms. The maximum Gasteiger partial charge on any atom is 0.438 e. The zero-order valence-corrected chi connectivity index (χ0v) is 11.1. The first kappa shape index (κ1) is 13.1. The Morgan fingerprint density at radius 2 is 2.33 bits per heavy atom. The molecule has 1 amide bonds. The molecular formula is C13H13N5O3. The summed E-state index contributed by atoms with van der Waals surface area (Å²) in [4.78, 5) is 29.3. The number of carbonyl (C=O) groups excluding carboxylic acids is 1. The van der Waals surface area contributed by atoms with Crippen molar-refractivity contribution in [1.82, 2.24) is 24.8 Å². The molecule has 3 aromatic heterocycles. The molecule has 0 unspecified atom stereocenters. The van der Waals surface area contributed by atoms with Crippen LogP contribution >= 0.6 is 0 Å². The van der Waals surface area contributed by atoms with E-state index in [1.54, 1.807) is 0 Å². The minimum absolute atomic E-state index is 0.135. The van der Waals surface area contributed by atoms with Crippen LogP contribution in [-0.4, -0.2) is 32.0 Å². The van der Waals surface area contributed by atoms with Gasteiger partial charge < -0.3 is 9.72 Å². The number of hydrogen-bond donors (Lipinski definition) is 2. The van der Waals surface area contributed by atoms with Crippen LogP contribution in [0.4, 0.5) is 0 Å². The summed E-state index contributed by atoms with van der Waals surface area (Å²) in [5.74, 6) is -0.321. The van der Waals surface area contributed by atoms with Gasteiger partial charge in [0.05, 0.1) is 12.1 Å². The van der Waals surface area contributed by atoms with Crippen molar-refractivity contribution in [2.45, 2.75) is 12.8 Å². The molecular weight excluding hydrogens is 274 g/mol. The molecule has 0 radical (unpaired) electrons. The summed E-state index contributed by atoms with van der Waals surface area (Å²) >= 11 is 0. The van der Waals surface area contributed by atoms with Crippen LogP contribution in [0, 0.1) is 0 Å². The van der Waals surface area contributed by atoms with Crippen LogP contribution in [0.15, 0.2) is 39.9 Å². The maximum atomic E-state index is 11.8. The van der Waals surface area contributed by atoms with Gasteiger partial charge in [-0.25, -0.2) is 9.78 Å². The van der Waals surface area contributed by atoms with Crippen LogP contribution in [-0.2, 0) is 17.6 Å². The van der Waals surface area contributed by atoms with Gasteiger partial charge in [-0.1, -0.05) is 11.2 Å². The topological polar surface area (TPSA) is 105 Å². The third kappa shape index (κ3) is 3.16. The van der Waals surface area contributed by atoms with Gasteiger partial charge in [0.25, 0.3) is 0 Å². The second-order valence-corrected chi connectivity index (χ2v) is 4.52. The van der Waals surface area contributed by atoms with E-state index in [0.717, 1.165) is 5.65 Å². The second-order valence-electron chi connectivity index (χ2n) is 4.52. The van der Waals surface area contributed by atoms with E-state index in [4.69, 9.17) is 0 Å². The number of imidazole rings is 1. The number of rotatable bonds is 5. The van der Waals surface area contributed by atoms with Crippen molar-refractivity contribution in [3.8, 4) is 0 Å². The molecule has 0 aliphatic heterocycles. The zero-order chi connectivity index (χ0) is 14.7. The summed E-state index contributed by atoms with van der Waals surface area (Å²) in [5, 5.41) is 6.26. The highest BCUT2D eigenvalue weighted by Gasteiger charge is 2.08. The highest BCUT2D eigenvalue weighted by Crippen LogP contribution is 2.04. The standard InChI is InChI=1S/C13H13N5O3/c19-12(14-5-4-10-16-13(20)21-17-10)7-9-8-18-6-2-1-3-11(18)15-9/h1-3,6,8H,4-5,7H2,(H,14,19)(H,16,17,20). The Bertz CT molecular complexity index is 783. The number of H-pyrrole nitrogens is 1. The molecule has 3 heterocycles. The lowest BCUT2D eigenvalue weighted by Crippen LogP contribution is -2.27. The average molecular weight is 287 g/mol. The minimum Gasteiger partial charge on any atom is -0.355 e. The normalized spacial score (nSPS) is 10.9. The van der Waals surface area contributed by atoms with Crippen LogP contribution in [0.2, 0.25) is 0 Å². The van der Waals surface area contributed by atoms with E-state index < -0.39 is 5.76 Å². The van der Waals surface area contributed by atoms with Crippen LogP contribution in [0.1, 0.15) is 11.5 Å². The van der Waals surface area contributed by atoms with Crippen LogP contribution in [0.3, 0.4) is 0 Å². The molecule has 0 aliphatic carbocycles. The molecule has 0 saturated heterocycles. The molecule has 8 nitrogen and oxygen atoms in total. The molecule has 8 heteroatoms. The number of carbonyl (C=O) groups is 1. The van der Waals surface area contributed by atoms with E-state index in [2.05, 4.69) is 25.0 Å². The summed E-state index contributed by atoms with van der Waals surface area (Å²) in [6, 6.07) is 5.67. The lowest BCUT2D eigenvalue weighted by molar-refractivity contribution is -0.120. The SMILES string of the molecule is O=C(Cc1cn2ccccc2n1)NCCc1noc(=O)[nH]1. The molecule has 0 atom stereocenters. The first-order valence-corrected chi connectivity index (χ1v) is 6.45. The van der Waals surface area contributed by atoms with Crippen molar-refractivity contribution in [3.05, 3.63) is 52.7 Å². The fourth-order valence-corrected chi connectivity index (χ4v) is 1.99. The summed E-state index contributed by atoms with van der Waals surface area (Å²) in [6.45, 7) is 0.370. The van der Waals surface area contributed by atoms with Gasteiger partial charge in [0, 0.05) is 25.4 Å². The molecule has 3 aromatic rings. The molecule has 0 saturated carbocycles. The monoisotopic (exact) mass is 287 g/mol. The third-order valence-corrected chi connectivity index (χ3v) is 2.92. The Hall–Kier alpha value is -2.90. The van der Waals surface area contributed by atoms with Crippen molar-refractivity contribution >= 4 is 11.6 Å². The van der Waals surface area contributed by atoms with Crippen LogP contribution in [0.5, 0.6) is 0 Å². The van der Waals surface area contributed by atoms with Gasteiger partial charge >= 0.3 is 5.76 Å². The van der Waals surface area contributed by atoms with Crippen LogP contribution < -0.4 is 11.1 Å². The quantitative estimate of drug-likeness (QED) is 0.682. The molecule has 0 spiro atoms. The smallest absolute Gasteiger partial charge is 0.355 e. The molecule has 2 N–H and O–H groups in total. The number of aromatic amines is 1. The minimum atomic E-state index is -0.596. The summed E-state index contributed by atoms with van der Waals surface area (Å²) < 4.78 is 6.23. The summed E-state index contributed by atoms with van der Waals surface area (Å²) in [5.41, 5.74) is 1.51. The van der Waals surface area contributed by atoms with Crippen molar-refractivity contribution in [2.24, 2.45) is 0 Å². The van der Waals surface area contributed by atoms with Gasteiger partial charge in [0.2, 0.25) is 5.91 Å². The fourth-order valence-electron chi connectivity index (χ4n) is 1.99. The summed E-state index contributed by atoms with van der Waals surface area (Å²) in [6.07, 6.45) is 4.31. The number of amides is 1. The first-order chi connectivity index (χ1) is 10.2. The van der Waals surface area contributed by atoms with E-state index in [-0.39, 0.29) is 12.3 Å². The zero-order valence-electron chi connectivity index (χ0n) is 11.1. The van der Waals surface area contributed by atoms with E-state index in [1.165, 1.54) is 0 Å². The van der Waals surface area contributed by atoms with Gasteiger partial charge in [-0.05, 0) is 12.1 Å². The largest absolute Gasteiger partial charge is 0.438 e. The van der Waals surface area contributed by atoms with Gasteiger partial charge in [-0.2, -0.15) is 0 Å². The molecule has 3 rings (SSSR count).